The van der Waals surface area contributed by atoms with Crippen molar-refractivity contribution in [1.82, 2.24) is 14.9 Å². The molecule has 1 aromatic heterocycles. The van der Waals surface area contributed by atoms with Gasteiger partial charge in [0.2, 0.25) is 5.91 Å². The number of aryl methyl sites for hydroxylation is 1. The van der Waals surface area contributed by atoms with Crippen molar-refractivity contribution in [2.24, 2.45) is 12.5 Å². The standard InChI is InChI=1S/C30H31Cl3FN5O2/c1-6-35-23-14-25-24(12-19(23)28(40)37-17-8-10-22(34)21(32)11-17)38-26(39(25)5)13-18-20(31)9-7-16(27(18)33)15-36-29(41)30(2,3)4/h7-12,14,35H,6,13,15H2,1-5H3,(H,36,41)(H,37,40). The highest BCUT2D eigenvalue weighted by atomic mass is 35.5. The minimum Gasteiger partial charge on any atom is -0.385 e. The van der Waals surface area contributed by atoms with E-state index in [2.05, 4.69) is 16.0 Å². The van der Waals surface area contributed by atoms with Crippen LogP contribution >= 0.6 is 34.8 Å². The van der Waals surface area contributed by atoms with Crippen LogP contribution in [-0.4, -0.2) is 27.9 Å². The normalized spacial score (nSPS) is 11.5. The van der Waals surface area contributed by atoms with Gasteiger partial charge in [-0.05, 0) is 54.4 Å². The van der Waals surface area contributed by atoms with E-state index < -0.39 is 17.1 Å². The third-order valence-electron chi connectivity index (χ3n) is 6.62. The van der Waals surface area contributed by atoms with Crippen LogP contribution in [0.15, 0.2) is 42.5 Å². The Labute approximate surface area is 253 Å². The van der Waals surface area contributed by atoms with Crippen LogP contribution < -0.4 is 16.0 Å². The number of anilines is 2. The molecule has 2 amide bonds. The van der Waals surface area contributed by atoms with E-state index in [9.17, 15) is 14.0 Å². The number of carbonyl (C=O) groups excluding carboxylic acids is 2. The highest BCUT2D eigenvalue weighted by molar-refractivity contribution is 6.36. The van der Waals surface area contributed by atoms with Crippen LogP contribution in [0.4, 0.5) is 15.8 Å². The molecule has 0 radical (unpaired) electrons. The quantitative estimate of drug-likeness (QED) is 0.190. The van der Waals surface area contributed by atoms with Crippen LogP contribution in [0.2, 0.25) is 15.1 Å². The van der Waals surface area contributed by atoms with Crippen LogP contribution in [-0.2, 0) is 24.8 Å². The summed E-state index contributed by atoms with van der Waals surface area (Å²) in [6.07, 6.45) is 0.329. The monoisotopic (exact) mass is 617 g/mol. The van der Waals surface area contributed by atoms with Crippen molar-refractivity contribution >= 4 is 69.0 Å². The number of carbonyl (C=O) groups is 2. The summed E-state index contributed by atoms with van der Waals surface area (Å²) < 4.78 is 15.5. The summed E-state index contributed by atoms with van der Waals surface area (Å²) in [7, 11) is 1.88. The number of halogens is 4. The van der Waals surface area contributed by atoms with Crippen molar-refractivity contribution in [2.75, 3.05) is 17.2 Å². The van der Waals surface area contributed by atoms with Gasteiger partial charge in [0.15, 0.2) is 0 Å². The minimum atomic E-state index is -0.569. The Bertz CT molecular complexity index is 1650. The molecule has 0 aliphatic rings. The Hall–Kier alpha value is -3.33. The van der Waals surface area contributed by atoms with Crippen molar-refractivity contribution in [3.63, 3.8) is 0 Å². The van der Waals surface area contributed by atoms with Crippen LogP contribution in [0.25, 0.3) is 11.0 Å². The van der Waals surface area contributed by atoms with Gasteiger partial charge in [-0.2, -0.15) is 0 Å². The van der Waals surface area contributed by atoms with E-state index >= 15 is 0 Å². The zero-order valence-corrected chi connectivity index (χ0v) is 25.7. The second-order valence-electron chi connectivity index (χ2n) is 10.7. The largest absolute Gasteiger partial charge is 0.385 e. The first-order valence-corrected chi connectivity index (χ1v) is 14.2. The van der Waals surface area contributed by atoms with Crippen molar-refractivity contribution < 1.29 is 14.0 Å². The maximum absolute atomic E-state index is 13.6. The van der Waals surface area contributed by atoms with Crippen LogP contribution in [0.5, 0.6) is 0 Å². The molecule has 0 unspecified atom stereocenters. The number of nitrogens with zero attached hydrogens (tertiary/aromatic N) is 2. The topological polar surface area (TPSA) is 88.1 Å². The number of hydrogen-bond donors (Lipinski definition) is 3. The molecule has 0 saturated carbocycles. The number of hydrogen-bond acceptors (Lipinski definition) is 4. The summed E-state index contributed by atoms with van der Waals surface area (Å²) in [5, 5.41) is 9.79. The van der Waals surface area contributed by atoms with E-state index in [0.717, 1.165) is 11.1 Å². The molecule has 0 aliphatic heterocycles. The molecular weight excluding hydrogens is 588 g/mol. The fourth-order valence-corrected chi connectivity index (χ4v) is 5.04. The van der Waals surface area contributed by atoms with E-state index in [1.807, 2.05) is 45.4 Å². The molecule has 0 spiro atoms. The number of aromatic nitrogens is 2. The van der Waals surface area contributed by atoms with Crippen LogP contribution in [0.3, 0.4) is 0 Å². The molecule has 3 aromatic carbocycles. The fourth-order valence-electron chi connectivity index (χ4n) is 4.29. The average molecular weight is 619 g/mol. The Morgan fingerprint density at radius 1 is 1.02 bits per heavy atom. The summed E-state index contributed by atoms with van der Waals surface area (Å²) in [6, 6.07) is 11.1. The molecule has 0 atom stereocenters. The Kier molecular flexibility index (Phi) is 9.16. The lowest BCUT2D eigenvalue weighted by Crippen LogP contribution is -2.34. The molecule has 0 fully saturated rings. The fraction of sp³-hybridized carbons (Fsp3) is 0.300. The average Bonchev–Trinajstić information content (AvgIpc) is 3.21. The van der Waals surface area contributed by atoms with E-state index in [1.54, 1.807) is 18.2 Å². The van der Waals surface area contributed by atoms with Gasteiger partial charge in [0.05, 0.1) is 26.6 Å². The summed E-state index contributed by atoms with van der Waals surface area (Å²) in [4.78, 5) is 30.4. The van der Waals surface area contributed by atoms with Gasteiger partial charge in [-0.15, -0.1) is 0 Å². The molecule has 0 bridgehead atoms. The second kappa shape index (κ2) is 12.3. The van der Waals surface area contributed by atoms with Gasteiger partial charge in [-0.25, -0.2) is 9.37 Å². The highest BCUT2D eigenvalue weighted by Crippen LogP contribution is 2.32. The molecular formula is C30H31Cl3FN5O2. The highest BCUT2D eigenvalue weighted by Gasteiger charge is 2.22. The van der Waals surface area contributed by atoms with Crippen molar-refractivity contribution in [3.05, 3.63) is 85.9 Å². The molecule has 4 rings (SSSR count). The number of amides is 2. The summed E-state index contributed by atoms with van der Waals surface area (Å²) >= 11 is 19.2. The first kappa shape index (κ1) is 30.6. The summed E-state index contributed by atoms with van der Waals surface area (Å²) in [6.45, 7) is 8.32. The van der Waals surface area contributed by atoms with Gasteiger partial charge in [-0.1, -0.05) is 61.6 Å². The Balaban J connectivity index is 1.66. The second-order valence-corrected chi connectivity index (χ2v) is 11.9. The minimum absolute atomic E-state index is 0.0840. The number of fused-ring (bicyclic) bond motifs is 1. The molecule has 0 aliphatic carbocycles. The number of benzene rings is 3. The predicted molar refractivity (Wildman–Crippen MR) is 165 cm³/mol. The Morgan fingerprint density at radius 3 is 2.41 bits per heavy atom. The van der Waals surface area contributed by atoms with Gasteiger partial charge in [0.25, 0.3) is 5.91 Å². The zero-order chi connectivity index (χ0) is 30.1. The van der Waals surface area contributed by atoms with Gasteiger partial charge in [0, 0.05) is 48.4 Å². The number of rotatable bonds is 8. The predicted octanol–water partition coefficient (Wildman–Crippen LogP) is 7.61. The molecule has 11 heteroatoms. The molecule has 41 heavy (non-hydrogen) atoms. The van der Waals surface area contributed by atoms with Crippen molar-refractivity contribution in [3.8, 4) is 0 Å². The van der Waals surface area contributed by atoms with Crippen LogP contribution in [0, 0.1) is 11.2 Å². The van der Waals surface area contributed by atoms with Crippen molar-refractivity contribution in [2.45, 2.75) is 40.7 Å². The lowest BCUT2D eigenvalue weighted by atomic mass is 9.95. The van der Waals surface area contributed by atoms with E-state index in [-0.39, 0.29) is 17.5 Å². The number of imidazole rings is 1. The van der Waals surface area contributed by atoms with Gasteiger partial charge >= 0.3 is 0 Å². The molecule has 0 saturated heterocycles. The summed E-state index contributed by atoms with van der Waals surface area (Å²) in [5.74, 6) is -0.362. The van der Waals surface area contributed by atoms with E-state index in [1.165, 1.54) is 18.2 Å². The summed E-state index contributed by atoms with van der Waals surface area (Å²) in [5.41, 5.74) is 3.68. The van der Waals surface area contributed by atoms with Gasteiger partial charge < -0.3 is 20.5 Å². The lowest BCUT2D eigenvalue weighted by Gasteiger charge is -2.18. The van der Waals surface area contributed by atoms with Gasteiger partial charge in [0.1, 0.15) is 11.6 Å². The Morgan fingerprint density at radius 2 is 1.76 bits per heavy atom. The SMILES string of the molecule is CCNc1cc2c(cc1C(=O)Nc1ccc(F)c(Cl)c1)nc(Cc1c(Cl)ccc(CNC(=O)C(C)(C)C)c1Cl)n2C. The first-order chi connectivity index (χ1) is 19.3. The third kappa shape index (κ3) is 6.77. The lowest BCUT2D eigenvalue weighted by molar-refractivity contribution is -0.128. The van der Waals surface area contributed by atoms with Gasteiger partial charge in [-0.3, -0.25) is 9.59 Å². The zero-order valence-electron chi connectivity index (χ0n) is 23.4. The number of nitrogens with one attached hydrogen (secondary N) is 3. The molecule has 3 N–H and O–H groups in total. The first-order valence-electron chi connectivity index (χ1n) is 13.0. The molecule has 1 heterocycles. The molecule has 4 aromatic rings. The van der Waals surface area contributed by atoms with Crippen molar-refractivity contribution in [1.29, 1.82) is 0 Å². The van der Waals surface area contributed by atoms with E-state index in [4.69, 9.17) is 39.8 Å². The van der Waals surface area contributed by atoms with Crippen LogP contribution in [0.1, 0.15) is 55.0 Å². The van der Waals surface area contributed by atoms with E-state index in [0.29, 0.717) is 56.9 Å². The maximum atomic E-state index is 13.6. The third-order valence-corrected chi connectivity index (χ3v) is 7.74. The smallest absolute Gasteiger partial charge is 0.257 e. The molecule has 7 nitrogen and oxygen atoms in total. The maximum Gasteiger partial charge on any atom is 0.257 e. The molecule has 216 valence electrons.